The van der Waals surface area contributed by atoms with Gasteiger partial charge in [-0.3, -0.25) is 4.98 Å². The third kappa shape index (κ3) is 4.73. The minimum atomic E-state index is 0.564. The lowest BCUT2D eigenvalue weighted by atomic mass is 10.1. The number of pyridine rings is 1. The summed E-state index contributed by atoms with van der Waals surface area (Å²) in [6.07, 6.45) is 1.85. The van der Waals surface area contributed by atoms with Crippen molar-refractivity contribution in [2.24, 2.45) is 0 Å². The van der Waals surface area contributed by atoms with Crippen molar-refractivity contribution in [3.05, 3.63) is 66.4 Å². The van der Waals surface area contributed by atoms with Crippen LogP contribution in [0, 0.1) is 0 Å². The molecule has 0 amide bonds. The van der Waals surface area contributed by atoms with Gasteiger partial charge in [-0.2, -0.15) is 0 Å². The average molecular weight is 349 g/mol. The van der Waals surface area contributed by atoms with Crippen LogP contribution in [0.3, 0.4) is 0 Å². The summed E-state index contributed by atoms with van der Waals surface area (Å²) < 4.78 is 5.91. The van der Waals surface area contributed by atoms with Crippen LogP contribution in [0.2, 0.25) is 0 Å². The summed E-state index contributed by atoms with van der Waals surface area (Å²) in [5.74, 6) is 0.842. The molecule has 3 rings (SSSR count). The van der Waals surface area contributed by atoms with Gasteiger partial charge in [0, 0.05) is 36.4 Å². The van der Waals surface area contributed by atoms with Crippen molar-refractivity contribution in [3.63, 3.8) is 0 Å². The number of nitrogens with one attached hydrogen (secondary N) is 1. The number of fused-ring (bicyclic) bond motifs is 1. The molecule has 1 aromatic heterocycles. The molecular weight excluding hydrogens is 322 g/mol. The van der Waals surface area contributed by atoms with E-state index in [1.807, 2.05) is 42.6 Å². The topological polar surface area (TPSA) is 37.4 Å². The summed E-state index contributed by atoms with van der Waals surface area (Å²) in [6, 6.07) is 18.3. The molecule has 136 valence electrons. The largest absolute Gasteiger partial charge is 0.489 e. The zero-order valence-corrected chi connectivity index (χ0v) is 15.6. The summed E-state index contributed by atoms with van der Waals surface area (Å²) in [5.41, 5.74) is 3.23. The van der Waals surface area contributed by atoms with Crippen LogP contribution in [0.4, 0.5) is 5.69 Å². The number of aromatic nitrogens is 1. The second-order valence-electron chi connectivity index (χ2n) is 6.27. The van der Waals surface area contributed by atoms with Crippen LogP contribution in [0.5, 0.6) is 5.75 Å². The fourth-order valence-corrected chi connectivity index (χ4v) is 3.00. The van der Waals surface area contributed by atoms with E-state index in [1.54, 1.807) is 0 Å². The SMILES string of the molecule is CCN(CC)CCNc1ccnc2cc(OCc3ccccc3)ccc12. The number of hydrogen-bond donors (Lipinski definition) is 1. The lowest BCUT2D eigenvalue weighted by Crippen LogP contribution is -2.28. The number of rotatable bonds is 9. The fraction of sp³-hybridized carbons (Fsp3) is 0.318. The third-order valence-corrected chi connectivity index (χ3v) is 4.60. The fourth-order valence-electron chi connectivity index (χ4n) is 3.00. The standard InChI is InChI=1S/C22H27N3O/c1-3-25(4-2)15-14-24-21-12-13-23-22-16-19(10-11-20(21)22)26-17-18-8-6-5-7-9-18/h5-13,16H,3-4,14-15,17H2,1-2H3,(H,23,24). The molecule has 1 N–H and O–H groups in total. The molecule has 3 aromatic rings. The molecule has 4 nitrogen and oxygen atoms in total. The van der Waals surface area contributed by atoms with Crippen molar-refractivity contribution in [1.29, 1.82) is 0 Å². The first-order valence-electron chi connectivity index (χ1n) is 9.32. The Balaban J connectivity index is 1.66. The summed E-state index contributed by atoms with van der Waals surface area (Å²) >= 11 is 0. The molecule has 26 heavy (non-hydrogen) atoms. The lowest BCUT2D eigenvalue weighted by Gasteiger charge is -2.19. The van der Waals surface area contributed by atoms with E-state index >= 15 is 0 Å². The summed E-state index contributed by atoms with van der Waals surface area (Å²) in [6.45, 7) is 9.08. The monoisotopic (exact) mass is 349 g/mol. The van der Waals surface area contributed by atoms with Gasteiger partial charge in [0.1, 0.15) is 12.4 Å². The summed E-state index contributed by atoms with van der Waals surface area (Å²) in [7, 11) is 0. The molecule has 0 aliphatic rings. The van der Waals surface area contributed by atoms with E-state index in [1.165, 1.54) is 0 Å². The van der Waals surface area contributed by atoms with Gasteiger partial charge in [-0.25, -0.2) is 0 Å². The van der Waals surface area contributed by atoms with E-state index in [9.17, 15) is 0 Å². The van der Waals surface area contributed by atoms with Crippen molar-refractivity contribution in [2.75, 3.05) is 31.5 Å². The zero-order chi connectivity index (χ0) is 18.2. The summed E-state index contributed by atoms with van der Waals surface area (Å²) in [4.78, 5) is 6.91. The maximum absolute atomic E-state index is 5.91. The smallest absolute Gasteiger partial charge is 0.122 e. The quantitative estimate of drug-likeness (QED) is 0.614. The Kier molecular flexibility index (Phi) is 6.45. The second-order valence-corrected chi connectivity index (χ2v) is 6.27. The molecular formula is C22H27N3O. The minimum Gasteiger partial charge on any atom is -0.489 e. The first-order chi connectivity index (χ1) is 12.8. The number of ether oxygens (including phenoxy) is 1. The number of hydrogen-bond acceptors (Lipinski definition) is 4. The second kappa shape index (κ2) is 9.20. The molecule has 0 saturated heterocycles. The number of benzene rings is 2. The van der Waals surface area contributed by atoms with Crippen LogP contribution in [-0.4, -0.2) is 36.1 Å². The molecule has 0 aliphatic heterocycles. The Hall–Kier alpha value is -2.59. The average Bonchev–Trinajstić information content (AvgIpc) is 2.70. The lowest BCUT2D eigenvalue weighted by molar-refractivity contribution is 0.306. The first-order valence-corrected chi connectivity index (χ1v) is 9.32. The maximum atomic E-state index is 5.91. The predicted octanol–water partition coefficient (Wildman–Crippen LogP) is 4.57. The maximum Gasteiger partial charge on any atom is 0.122 e. The molecule has 0 radical (unpaired) electrons. The van der Waals surface area contributed by atoms with Gasteiger partial charge in [0.05, 0.1) is 5.52 Å². The molecule has 0 fully saturated rings. The van der Waals surface area contributed by atoms with Gasteiger partial charge in [-0.15, -0.1) is 0 Å². The first kappa shape index (κ1) is 18.2. The molecule has 0 atom stereocenters. The van der Waals surface area contributed by atoms with Crippen LogP contribution in [0.25, 0.3) is 10.9 Å². The van der Waals surface area contributed by atoms with Gasteiger partial charge >= 0.3 is 0 Å². The Labute approximate surface area is 155 Å². The van der Waals surface area contributed by atoms with Gasteiger partial charge in [-0.05, 0) is 36.9 Å². The van der Waals surface area contributed by atoms with Crippen molar-refractivity contribution < 1.29 is 4.74 Å². The predicted molar refractivity (Wildman–Crippen MR) is 109 cm³/mol. The normalized spacial score (nSPS) is 11.0. The highest BCUT2D eigenvalue weighted by Gasteiger charge is 2.05. The molecule has 0 aliphatic carbocycles. The summed E-state index contributed by atoms with van der Waals surface area (Å²) in [5, 5.41) is 4.67. The van der Waals surface area contributed by atoms with E-state index < -0.39 is 0 Å². The molecule has 2 aromatic carbocycles. The molecule has 1 heterocycles. The van der Waals surface area contributed by atoms with E-state index in [-0.39, 0.29) is 0 Å². The Bertz CT molecular complexity index is 816. The van der Waals surface area contributed by atoms with Gasteiger partial charge in [0.25, 0.3) is 0 Å². The van der Waals surface area contributed by atoms with Gasteiger partial charge in [0.15, 0.2) is 0 Å². The number of anilines is 1. The van der Waals surface area contributed by atoms with Crippen molar-refractivity contribution in [3.8, 4) is 5.75 Å². The number of nitrogens with zero attached hydrogens (tertiary/aromatic N) is 2. The Morgan fingerprint density at radius 2 is 1.81 bits per heavy atom. The molecule has 4 heteroatoms. The molecule has 0 unspecified atom stereocenters. The Morgan fingerprint density at radius 3 is 2.58 bits per heavy atom. The van der Waals surface area contributed by atoms with Crippen molar-refractivity contribution in [2.45, 2.75) is 20.5 Å². The van der Waals surface area contributed by atoms with E-state index in [0.717, 1.165) is 54.1 Å². The minimum absolute atomic E-state index is 0.564. The highest BCUT2D eigenvalue weighted by Crippen LogP contribution is 2.25. The van der Waals surface area contributed by atoms with Crippen LogP contribution in [-0.2, 0) is 6.61 Å². The van der Waals surface area contributed by atoms with E-state index in [4.69, 9.17) is 4.74 Å². The van der Waals surface area contributed by atoms with Crippen LogP contribution in [0.15, 0.2) is 60.8 Å². The third-order valence-electron chi connectivity index (χ3n) is 4.60. The highest BCUT2D eigenvalue weighted by atomic mass is 16.5. The van der Waals surface area contributed by atoms with E-state index in [2.05, 4.69) is 47.2 Å². The van der Waals surface area contributed by atoms with Gasteiger partial charge in [-0.1, -0.05) is 44.2 Å². The zero-order valence-electron chi connectivity index (χ0n) is 15.6. The molecule has 0 spiro atoms. The highest BCUT2D eigenvalue weighted by molar-refractivity contribution is 5.91. The van der Waals surface area contributed by atoms with Crippen molar-refractivity contribution >= 4 is 16.6 Å². The molecule has 0 saturated carbocycles. The Morgan fingerprint density at radius 1 is 1.00 bits per heavy atom. The van der Waals surface area contributed by atoms with Crippen LogP contribution < -0.4 is 10.1 Å². The van der Waals surface area contributed by atoms with Gasteiger partial charge in [0.2, 0.25) is 0 Å². The van der Waals surface area contributed by atoms with Gasteiger partial charge < -0.3 is 15.0 Å². The van der Waals surface area contributed by atoms with E-state index in [0.29, 0.717) is 6.61 Å². The van der Waals surface area contributed by atoms with Crippen LogP contribution in [0.1, 0.15) is 19.4 Å². The van der Waals surface area contributed by atoms with Crippen molar-refractivity contribution in [1.82, 2.24) is 9.88 Å². The number of likely N-dealkylation sites (N-methyl/N-ethyl adjacent to an activating group) is 1. The van der Waals surface area contributed by atoms with Crippen LogP contribution >= 0.6 is 0 Å². The molecule has 0 bridgehead atoms.